The molecule has 2 aromatic rings. The first-order valence-corrected chi connectivity index (χ1v) is 8.28. The zero-order valence-corrected chi connectivity index (χ0v) is 13.5. The SMILES string of the molecule is O=C(Oc1ccc2c(c1)OCO2)C1CNCCC1c1ccc(F)cc1. The number of piperidine rings is 1. The number of esters is 1. The second-order valence-electron chi connectivity index (χ2n) is 6.19. The molecule has 2 unspecified atom stereocenters. The molecule has 2 aliphatic rings. The average molecular weight is 343 g/mol. The van der Waals surface area contributed by atoms with Crippen LogP contribution < -0.4 is 19.5 Å². The second-order valence-corrected chi connectivity index (χ2v) is 6.19. The molecular weight excluding hydrogens is 325 g/mol. The summed E-state index contributed by atoms with van der Waals surface area (Å²) in [6.07, 6.45) is 0.798. The van der Waals surface area contributed by atoms with Crippen LogP contribution in [0.25, 0.3) is 0 Å². The van der Waals surface area contributed by atoms with E-state index in [9.17, 15) is 9.18 Å². The molecule has 5 nitrogen and oxygen atoms in total. The summed E-state index contributed by atoms with van der Waals surface area (Å²) in [5.41, 5.74) is 0.954. The molecule has 0 amide bonds. The van der Waals surface area contributed by atoms with Crippen molar-refractivity contribution in [2.75, 3.05) is 19.9 Å². The van der Waals surface area contributed by atoms with Gasteiger partial charge in [0.15, 0.2) is 11.5 Å². The van der Waals surface area contributed by atoms with Crippen molar-refractivity contribution in [1.29, 1.82) is 0 Å². The fraction of sp³-hybridized carbons (Fsp3) is 0.316. The Labute approximate surface area is 144 Å². The number of halogens is 1. The van der Waals surface area contributed by atoms with E-state index >= 15 is 0 Å². The summed E-state index contributed by atoms with van der Waals surface area (Å²) < 4.78 is 29.3. The number of rotatable bonds is 3. The van der Waals surface area contributed by atoms with Gasteiger partial charge in [0.25, 0.3) is 0 Å². The lowest BCUT2D eigenvalue weighted by Gasteiger charge is -2.30. The van der Waals surface area contributed by atoms with E-state index in [1.807, 2.05) is 0 Å². The molecule has 4 rings (SSSR count). The fourth-order valence-corrected chi connectivity index (χ4v) is 3.35. The maximum absolute atomic E-state index is 13.2. The zero-order valence-electron chi connectivity index (χ0n) is 13.5. The fourth-order valence-electron chi connectivity index (χ4n) is 3.35. The van der Waals surface area contributed by atoms with Gasteiger partial charge in [-0.05, 0) is 48.7 Å². The van der Waals surface area contributed by atoms with Gasteiger partial charge in [0, 0.05) is 12.6 Å². The molecule has 1 saturated heterocycles. The molecule has 0 aromatic heterocycles. The quantitative estimate of drug-likeness (QED) is 0.686. The smallest absolute Gasteiger partial charge is 0.316 e. The summed E-state index contributed by atoms with van der Waals surface area (Å²) in [4.78, 5) is 12.7. The van der Waals surface area contributed by atoms with Crippen LogP contribution in [0.3, 0.4) is 0 Å². The van der Waals surface area contributed by atoms with Gasteiger partial charge in [-0.25, -0.2) is 4.39 Å². The Morgan fingerprint density at radius 3 is 2.76 bits per heavy atom. The van der Waals surface area contributed by atoms with Crippen molar-refractivity contribution in [3.05, 3.63) is 53.8 Å². The minimum atomic E-state index is -0.329. The molecule has 0 spiro atoms. The van der Waals surface area contributed by atoms with E-state index in [1.165, 1.54) is 12.1 Å². The predicted molar refractivity (Wildman–Crippen MR) is 88.3 cm³/mol. The molecule has 130 valence electrons. The molecular formula is C19H18FNO4. The van der Waals surface area contributed by atoms with Crippen LogP contribution in [0.15, 0.2) is 42.5 Å². The third kappa shape index (κ3) is 3.30. The number of fused-ring (bicyclic) bond motifs is 1. The van der Waals surface area contributed by atoms with Crippen LogP contribution in [-0.2, 0) is 4.79 Å². The lowest BCUT2D eigenvalue weighted by molar-refractivity contribution is -0.140. The zero-order chi connectivity index (χ0) is 17.2. The summed E-state index contributed by atoms with van der Waals surface area (Å²) in [5.74, 6) is 0.730. The molecule has 0 bridgehead atoms. The third-order valence-corrected chi connectivity index (χ3v) is 4.65. The minimum Gasteiger partial charge on any atom is -0.454 e. The Kier molecular flexibility index (Phi) is 4.28. The van der Waals surface area contributed by atoms with E-state index < -0.39 is 0 Å². The van der Waals surface area contributed by atoms with Gasteiger partial charge in [-0.1, -0.05) is 12.1 Å². The number of carbonyl (C=O) groups is 1. The van der Waals surface area contributed by atoms with Crippen LogP contribution in [0.2, 0.25) is 0 Å². The largest absolute Gasteiger partial charge is 0.454 e. The summed E-state index contributed by atoms with van der Waals surface area (Å²) >= 11 is 0. The summed E-state index contributed by atoms with van der Waals surface area (Å²) in [6, 6.07) is 11.4. The van der Waals surface area contributed by atoms with Crippen molar-refractivity contribution in [2.45, 2.75) is 12.3 Å². The maximum atomic E-state index is 13.2. The molecule has 2 aliphatic heterocycles. The molecule has 1 N–H and O–H groups in total. The molecule has 6 heteroatoms. The van der Waals surface area contributed by atoms with Gasteiger partial charge in [0.2, 0.25) is 6.79 Å². The first-order chi connectivity index (χ1) is 12.2. The lowest BCUT2D eigenvalue weighted by atomic mass is 9.81. The van der Waals surface area contributed by atoms with Crippen LogP contribution in [0.1, 0.15) is 17.9 Å². The molecule has 2 atom stereocenters. The van der Waals surface area contributed by atoms with Crippen molar-refractivity contribution in [3.8, 4) is 17.2 Å². The van der Waals surface area contributed by atoms with Gasteiger partial charge >= 0.3 is 5.97 Å². The first kappa shape index (κ1) is 15.9. The third-order valence-electron chi connectivity index (χ3n) is 4.65. The standard InChI is InChI=1S/C19H18FNO4/c20-13-3-1-12(2-4-13)15-7-8-21-10-16(15)19(22)25-14-5-6-17-18(9-14)24-11-23-17/h1-6,9,15-16,21H,7-8,10-11H2. The van der Waals surface area contributed by atoms with E-state index in [2.05, 4.69) is 5.32 Å². The second kappa shape index (κ2) is 6.72. The summed E-state index contributed by atoms with van der Waals surface area (Å²) in [6.45, 7) is 1.52. The Morgan fingerprint density at radius 2 is 1.92 bits per heavy atom. The number of carbonyl (C=O) groups excluding carboxylic acids is 1. The summed E-state index contributed by atoms with van der Waals surface area (Å²) in [5, 5.41) is 3.23. The molecule has 0 saturated carbocycles. The highest BCUT2D eigenvalue weighted by molar-refractivity contribution is 5.77. The van der Waals surface area contributed by atoms with Gasteiger partial charge in [-0.15, -0.1) is 0 Å². The number of benzene rings is 2. The highest BCUT2D eigenvalue weighted by Crippen LogP contribution is 2.36. The first-order valence-electron chi connectivity index (χ1n) is 8.28. The van der Waals surface area contributed by atoms with Crippen LogP contribution in [0.4, 0.5) is 4.39 Å². The highest BCUT2D eigenvalue weighted by atomic mass is 19.1. The molecule has 2 aromatic carbocycles. The van der Waals surface area contributed by atoms with Gasteiger partial charge in [0.05, 0.1) is 5.92 Å². The minimum absolute atomic E-state index is 0.00311. The van der Waals surface area contributed by atoms with Crippen molar-refractivity contribution < 1.29 is 23.4 Å². The van der Waals surface area contributed by atoms with Crippen LogP contribution in [0.5, 0.6) is 17.2 Å². The number of nitrogens with one attached hydrogen (secondary N) is 1. The monoisotopic (exact) mass is 343 g/mol. The Hall–Kier alpha value is -2.60. The number of ether oxygens (including phenoxy) is 3. The van der Waals surface area contributed by atoms with E-state index in [-0.39, 0.29) is 30.4 Å². The van der Waals surface area contributed by atoms with E-state index in [0.29, 0.717) is 23.8 Å². The number of hydrogen-bond acceptors (Lipinski definition) is 5. The van der Waals surface area contributed by atoms with Gasteiger partial charge in [-0.3, -0.25) is 4.79 Å². The van der Waals surface area contributed by atoms with Crippen LogP contribution >= 0.6 is 0 Å². The van der Waals surface area contributed by atoms with Crippen molar-refractivity contribution in [3.63, 3.8) is 0 Å². The van der Waals surface area contributed by atoms with E-state index in [0.717, 1.165) is 18.5 Å². The van der Waals surface area contributed by atoms with Crippen LogP contribution in [0, 0.1) is 11.7 Å². The Balaban J connectivity index is 1.51. The van der Waals surface area contributed by atoms with Crippen molar-refractivity contribution >= 4 is 5.97 Å². The van der Waals surface area contributed by atoms with E-state index in [4.69, 9.17) is 14.2 Å². The van der Waals surface area contributed by atoms with Gasteiger partial charge in [-0.2, -0.15) is 0 Å². The topological polar surface area (TPSA) is 56.8 Å². The molecule has 2 heterocycles. The average Bonchev–Trinajstić information content (AvgIpc) is 3.10. The normalized spacial score (nSPS) is 21.8. The van der Waals surface area contributed by atoms with Gasteiger partial charge in [0.1, 0.15) is 11.6 Å². The Morgan fingerprint density at radius 1 is 1.12 bits per heavy atom. The lowest BCUT2D eigenvalue weighted by Crippen LogP contribution is -2.41. The highest BCUT2D eigenvalue weighted by Gasteiger charge is 2.33. The van der Waals surface area contributed by atoms with Crippen molar-refractivity contribution in [1.82, 2.24) is 5.32 Å². The molecule has 25 heavy (non-hydrogen) atoms. The summed E-state index contributed by atoms with van der Waals surface area (Å²) in [7, 11) is 0. The molecule has 0 radical (unpaired) electrons. The maximum Gasteiger partial charge on any atom is 0.316 e. The van der Waals surface area contributed by atoms with Gasteiger partial charge < -0.3 is 19.5 Å². The van der Waals surface area contributed by atoms with E-state index in [1.54, 1.807) is 30.3 Å². The Bertz CT molecular complexity index is 777. The number of hydrogen-bond donors (Lipinski definition) is 1. The van der Waals surface area contributed by atoms with Crippen molar-refractivity contribution in [2.24, 2.45) is 5.92 Å². The molecule has 1 fully saturated rings. The van der Waals surface area contributed by atoms with Crippen LogP contribution in [-0.4, -0.2) is 25.9 Å². The predicted octanol–water partition coefficient (Wildman–Crippen LogP) is 2.85. The molecule has 0 aliphatic carbocycles.